The number of carbonyl (C=O) groups is 1. The normalized spacial score (nSPS) is 11.7. The number of pyridine rings is 1. The summed E-state index contributed by atoms with van der Waals surface area (Å²) in [5.74, 6) is 0. The Hall–Kier alpha value is -2.07. The van der Waals surface area contributed by atoms with Gasteiger partial charge in [-0.05, 0) is 30.7 Å². The van der Waals surface area contributed by atoms with Crippen LogP contribution >= 0.6 is 11.6 Å². The Morgan fingerprint density at radius 3 is 2.70 bits per heavy atom. The molecular weight excluding hydrogens is 274 g/mol. The predicted molar refractivity (Wildman–Crippen MR) is 79.5 cm³/mol. The van der Waals surface area contributed by atoms with Gasteiger partial charge < -0.3 is 10.6 Å². The van der Waals surface area contributed by atoms with Crippen LogP contribution < -0.4 is 10.6 Å². The zero-order chi connectivity index (χ0) is 14.4. The molecule has 2 rings (SSSR count). The van der Waals surface area contributed by atoms with Crippen LogP contribution in [0.4, 0.5) is 4.79 Å². The van der Waals surface area contributed by atoms with E-state index >= 15 is 0 Å². The summed E-state index contributed by atoms with van der Waals surface area (Å²) in [6, 6.07) is 12.6. The first kappa shape index (κ1) is 14.3. The van der Waals surface area contributed by atoms with Gasteiger partial charge in [-0.2, -0.15) is 0 Å². The van der Waals surface area contributed by atoms with Crippen LogP contribution in [0.2, 0.25) is 5.02 Å². The Bertz CT molecular complexity index is 574. The molecule has 1 heterocycles. The molecule has 2 aromatic rings. The number of halogens is 1. The highest BCUT2D eigenvalue weighted by atomic mass is 35.5. The summed E-state index contributed by atoms with van der Waals surface area (Å²) in [5.41, 5.74) is 1.70. The van der Waals surface area contributed by atoms with Crippen molar-refractivity contribution in [2.24, 2.45) is 0 Å². The molecule has 4 nitrogen and oxygen atoms in total. The third-order valence-electron chi connectivity index (χ3n) is 2.88. The van der Waals surface area contributed by atoms with E-state index in [4.69, 9.17) is 11.6 Å². The predicted octanol–water partition coefficient (Wildman–Crippen LogP) is 3.30. The van der Waals surface area contributed by atoms with Gasteiger partial charge in [0.05, 0.1) is 18.3 Å². The second kappa shape index (κ2) is 6.91. The number of nitrogens with zero attached hydrogens (tertiary/aromatic N) is 1. The molecule has 0 aliphatic rings. The summed E-state index contributed by atoms with van der Waals surface area (Å²) in [5, 5.41) is 6.25. The fraction of sp³-hybridized carbons (Fsp3) is 0.200. The minimum absolute atomic E-state index is 0.160. The van der Waals surface area contributed by atoms with Crippen molar-refractivity contribution in [3.05, 3.63) is 64.9 Å². The summed E-state index contributed by atoms with van der Waals surface area (Å²) in [6.07, 6.45) is 1.70. The van der Waals surface area contributed by atoms with Crippen molar-refractivity contribution < 1.29 is 4.79 Å². The lowest BCUT2D eigenvalue weighted by Gasteiger charge is -2.16. The molecule has 0 radical (unpaired) electrons. The molecule has 0 aliphatic heterocycles. The second-order valence-electron chi connectivity index (χ2n) is 4.39. The van der Waals surface area contributed by atoms with E-state index in [1.807, 2.05) is 43.3 Å². The minimum Gasteiger partial charge on any atom is -0.332 e. The number of amides is 2. The third kappa shape index (κ3) is 3.96. The maximum Gasteiger partial charge on any atom is 0.315 e. The van der Waals surface area contributed by atoms with Crippen LogP contribution in [0.3, 0.4) is 0 Å². The Kier molecular flexibility index (Phi) is 4.96. The molecule has 1 aromatic carbocycles. The quantitative estimate of drug-likeness (QED) is 0.907. The number of hydrogen-bond acceptors (Lipinski definition) is 2. The van der Waals surface area contributed by atoms with Crippen molar-refractivity contribution >= 4 is 17.6 Å². The van der Waals surface area contributed by atoms with E-state index in [-0.39, 0.29) is 12.1 Å². The average molecular weight is 290 g/mol. The summed E-state index contributed by atoms with van der Waals surface area (Å²) in [7, 11) is 0. The number of rotatable bonds is 4. The topological polar surface area (TPSA) is 54.0 Å². The van der Waals surface area contributed by atoms with Crippen LogP contribution in [-0.2, 0) is 6.54 Å². The minimum atomic E-state index is -0.247. The first-order valence-electron chi connectivity index (χ1n) is 6.35. The van der Waals surface area contributed by atoms with E-state index in [2.05, 4.69) is 15.6 Å². The van der Waals surface area contributed by atoms with Gasteiger partial charge in [0.15, 0.2) is 0 Å². The third-order valence-corrected chi connectivity index (χ3v) is 3.22. The fourth-order valence-corrected chi connectivity index (χ4v) is 2.12. The number of carbonyl (C=O) groups excluding carboxylic acids is 1. The Morgan fingerprint density at radius 2 is 2.00 bits per heavy atom. The number of aromatic nitrogens is 1. The zero-order valence-corrected chi connectivity index (χ0v) is 11.9. The maximum absolute atomic E-state index is 11.8. The van der Waals surface area contributed by atoms with E-state index in [9.17, 15) is 4.79 Å². The Balaban J connectivity index is 1.87. The molecule has 2 N–H and O–H groups in total. The van der Waals surface area contributed by atoms with E-state index in [0.29, 0.717) is 11.6 Å². The number of benzene rings is 1. The molecule has 2 amide bonds. The van der Waals surface area contributed by atoms with Crippen molar-refractivity contribution in [1.29, 1.82) is 0 Å². The van der Waals surface area contributed by atoms with Gasteiger partial charge in [0.1, 0.15) is 0 Å². The molecule has 20 heavy (non-hydrogen) atoms. The summed E-state index contributed by atoms with van der Waals surface area (Å²) < 4.78 is 0. The van der Waals surface area contributed by atoms with E-state index in [1.165, 1.54) is 0 Å². The highest BCUT2D eigenvalue weighted by Gasteiger charge is 2.11. The highest BCUT2D eigenvalue weighted by molar-refractivity contribution is 6.31. The highest BCUT2D eigenvalue weighted by Crippen LogP contribution is 2.21. The molecule has 0 fully saturated rings. The lowest BCUT2D eigenvalue weighted by molar-refractivity contribution is 0.237. The van der Waals surface area contributed by atoms with Crippen molar-refractivity contribution in [3.63, 3.8) is 0 Å². The molecule has 0 aliphatic carbocycles. The van der Waals surface area contributed by atoms with Crippen molar-refractivity contribution in [1.82, 2.24) is 15.6 Å². The molecule has 5 heteroatoms. The van der Waals surface area contributed by atoms with Crippen LogP contribution in [0.5, 0.6) is 0 Å². The van der Waals surface area contributed by atoms with Gasteiger partial charge in [-0.15, -0.1) is 0 Å². The van der Waals surface area contributed by atoms with Gasteiger partial charge in [-0.3, -0.25) is 4.98 Å². The van der Waals surface area contributed by atoms with Crippen LogP contribution in [0.15, 0.2) is 48.7 Å². The zero-order valence-electron chi connectivity index (χ0n) is 11.1. The first-order chi connectivity index (χ1) is 9.66. The molecule has 0 bridgehead atoms. The summed E-state index contributed by atoms with van der Waals surface area (Å²) in [6.45, 7) is 2.28. The molecule has 0 saturated carbocycles. The smallest absolute Gasteiger partial charge is 0.315 e. The lowest BCUT2D eigenvalue weighted by atomic mass is 10.1. The summed E-state index contributed by atoms with van der Waals surface area (Å²) >= 11 is 6.09. The van der Waals surface area contributed by atoms with Crippen molar-refractivity contribution in [2.45, 2.75) is 19.5 Å². The van der Waals surface area contributed by atoms with Gasteiger partial charge in [0.25, 0.3) is 0 Å². The number of nitrogens with one attached hydrogen (secondary N) is 2. The fourth-order valence-electron chi connectivity index (χ4n) is 1.83. The molecule has 104 valence electrons. The first-order valence-corrected chi connectivity index (χ1v) is 6.73. The molecule has 0 unspecified atom stereocenters. The van der Waals surface area contributed by atoms with Gasteiger partial charge in [-0.25, -0.2) is 4.79 Å². The van der Waals surface area contributed by atoms with Crippen LogP contribution in [0.25, 0.3) is 0 Å². The molecule has 1 atom stereocenters. The second-order valence-corrected chi connectivity index (χ2v) is 4.80. The van der Waals surface area contributed by atoms with Crippen molar-refractivity contribution in [2.75, 3.05) is 0 Å². The molecular formula is C15H16ClN3O. The maximum atomic E-state index is 11.8. The molecule has 0 spiro atoms. The number of hydrogen-bond donors (Lipinski definition) is 2. The van der Waals surface area contributed by atoms with Gasteiger partial charge in [0, 0.05) is 11.2 Å². The van der Waals surface area contributed by atoms with Gasteiger partial charge >= 0.3 is 6.03 Å². The Morgan fingerprint density at radius 1 is 1.25 bits per heavy atom. The van der Waals surface area contributed by atoms with Crippen molar-refractivity contribution in [3.8, 4) is 0 Å². The average Bonchev–Trinajstić information content (AvgIpc) is 2.46. The largest absolute Gasteiger partial charge is 0.332 e. The number of urea groups is 1. The monoisotopic (exact) mass is 289 g/mol. The van der Waals surface area contributed by atoms with E-state index in [1.54, 1.807) is 12.3 Å². The standard InChI is InChI=1S/C15H16ClN3O/c1-11(13-7-2-3-8-14(13)16)19-15(20)18-10-12-6-4-5-9-17-12/h2-9,11H,10H2,1H3,(H2,18,19,20)/t11-/m0/s1. The van der Waals surface area contributed by atoms with Gasteiger partial charge in [0.2, 0.25) is 0 Å². The SMILES string of the molecule is C[C@H](NC(=O)NCc1ccccn1)c1ccccc1Cl. The van der Waals surface area contributed by atoms with Crippen LogP contribution in [0, 0.1) is 0 Å². The van der Waals surface area contributed by atoms with Crippen LogP contribution in [0.1, 0.15) is 24.2 Å². The Labute approximate surface area is 123 Å². The van der Waals surface area contributed by atoms with E-state index in [0.717, 1.165) is 11.3 Å². The molecule has 0 saturated heterocycles. The van der Waals surface area contributed by atoms with E-state index < -0.39 is 0 Å². The lowest BCUT2D eigenvalue weighted by Crippen LogP contribution is -2.36. The summed E-state index contributed by atoms with van der Waals surface area (Å²) in [4.78, 5) is 16.0. The van der Waals surface area contributed by atoms with Gasteiger partial charge in [-0.1, -0.05) is 35.9 Å². The molecule has 1 aromatic heterocycles. The van der Waals surface area contributed by atoms with Crippen LogP contribution in [-0.4, -0.2) is 11.0 Å².